The molecule has 2 aliphatic heterocycles. The summed E-state index contributed by atoms with van der Waals surface area (Å²) < 4.78 is 35.9. The van der Waals surface area contributed by atoms with Crippen LogP contribution in [0, 0.1) is 160 Å². The summed E-state index contributed by atoms with van der Waals surface area (Å²) in [5, 5.41) is 15.6. The topological polar surface area (TPSA) is 114 Å². The highest BCUT2D eigenvalue weighted by Gasteiger charge is 2.50. The summed E-state index contributed by atoms with van der Waals surface area (Å²) in [6.45, 7) is 10.4. The van der Waals surface area contributed by atoms with Crippen molar-refractivity contribution in [1.29, 1.82) is 0 Å². The Kier molecular flexibility index (Phi) is 32.1. The van der Waals surface area contributed by atoms with E-state index in [-0.39, 0.29) is 25.0 Å². The Balaban J connectivity index is 1.62. The number of fused-ring (bicyclic) bond motifs is 1. The number of ether oxygens (including phenoxy) is 4. The van der Waals surface area contributed by atoms with Gasteiger partial charge in [-0.3, -0.25) is 8.98 Å². The van der Waals surface area contributed by atoms with Gasteiger partial charge in [-0.05, 0) is 133 Å². The monoisotopic (exact) mass is 969 g/mol. The molecule has 0 aromatic heterocycles. The first kappa shape index (κ1) is 58.5. The largest absolute Gasteiger partial charge is 0.350 e. The summed E-state index contributed by atoms with van der Waals surface area (Å²) in [7, 11) is 0. The SMILES string of the molecule is CC#CC#CC#CC#CC#CC#CC#CC#CC#CC#CC#CC#CC(=O)N[C@@H](COC1OC2COC(c3ccccc3)OC2C(OSOOO)C1C)[C@H](C)[C@H](C)C/C=C/CCCCCCCCCCC. The standard InChI is InChI=1S/C60H59NO9S/c1-6-8-10-12-14-16-18-20-21-22-23-24-25-26-27-28-29-30-32-34-36-38-43-47-56(62)61-54(51(4)50(3)44-40-37-35-33-31-19-17-15-13-11-9-7-2)48-64-59-52(5)57(68-71-70-69-63)58-55(66-59)49-65-60(67-58)53-45-41-39-42-46-53/h37,39-42,45-46,50-52,54-55,57-60,63H,7,9,11,13,15,17,19,31,33,35,44,48-49H2,1-5H3,(H,61,62)/b40-37+/t50-,51-,52?,54+,55?,57?,58?,59?,60?/m1/s1. The molecule has 1 aromatic rings. The minimum absolute atomic E-state index is 0.0307. The fourth-order valence-corrected chi connectivity index (χ4v) is 7.44. The third-order valence-corrected chi connectivity index (χ3v) is 11.4. The molecule has 0 spiro atoms. The summed E-state index contributed by atoms with van der Waals surface area (Å²) in [4.78, 5) is 13.2. The maximum atomic E-state index is 13.2. The minimum atomic E-state index is -0.788. The van der Waals surface area contributed by atoms with E-state index in [1.54, 1.807) is 6.92 Å². The molecule has 71 heavy (non-hydrogen) atoms. The lowest BCUT2D eigenvalue weighted by molar-refractivity contribution is -0.435. The van der Waals surface area contributed by atoms with Crippen LogP contribution in [0.25, 0.3) is 0 Å². The fourth-order valence-electron chi connectivity index (χ4n) is 7.01. The van der Waals surface area contributed by atoms with E-state index < -0.39 is 48.8 Å². The molecule has 2 N–H and O–H groups in total. The molecule has 9 atom stereocenters. The zero-order chi connectivity index (χ0) is 50.8. The van der Waals surface area contributed by atoms with Gasteiger partial charge in [-0.15, -0.1) is 4.33 Å². The van der Waals surface area contributed by atoms with Crippen molar-refractivity contribution in [2.24, 2.45) is 17.8 Å². The molecular weight excluding hydrogens is 911 g/mol. The molecule has 364 valence electrons. The molecule has 2 saturated heterocycles. The molecule has 2 fully saturated rings. The molecule has 2 aliphatic rings. The molecule has 0 radical (unpaired) electrons. The number of nitrogens with one attached hydrogen (secondary N) is 1. The average Bonchev–Trinajstić information content (AvgIpc) is 3.38. The second-order valence-electron chi connectivity index (χ2n) is 16.0. The van der Waals surface area contributed by atoms with Gasteiger partial charge in [0.2, 0.25) is 0 Å². The highest BCUT2D eigenvalue weighted by molar-refractivity contribution is 7.89. The molecule has 0 saturated carbocycles. The molecule has 3 rings (SSSR count). The average molecular weight is 970 g/mol. The van der Waals surface area contributed by atoms with E-state index in [2.05, 4.69) is 190 Å². The van der Waals surface area contributed by atoms with Crippen LogP contribution in [-0.2, 0) is 37.3 Å². The van der Waals surface area contributed by atoms with E-state index in [9.17, 15) is 4.79 Å². The lowest BCUT2D eigenvalue weighted by atomic mass is 9.86. The van der Waals surface area contributed by atoms with Crippen molar-refractivity contribution in [2.75, 3.05) is 13.2 Å². The first-order valence-electron chi connectivity index (χ1n) is 23.7. The van der Waals surface area contributed by atoms with Crippen LogP contribution in [0.5, 0.6) is 0 Å². The second kappa shape index (κ2) is 39.0. The van der Waals surface area contributed by atoms with Crippen LogP contribution in [0.2, 0.25) is 0 Å². The second-order valence-corrected chi connectivity index (χ2v) is 16.5. The summed E-state index contributed by atoms with van der Waals surface area (Å²) in [6, 6.07) is 9.10. The van der Waals surface area contributed by atoms with Crippen LogP contribution in [-0.4, -0.2) is 55.0 Å². The number of carbonyl (C=O) groups excluding carboxylic acids is 1. The maximum absolute atomic E-state index is 13.2. The number of hydrogen-bond donors (Lipinski definition) is 2. The first-order chi connectivity index (χ1) is 34.9. The molecule has 1 aromatic carbocycles. The van der Waals surface area contributed by atoms with Crippen molar-refractivity contribution < 1.29 is 42.6 Å². The maximum Gasteiger partial charge on any atom is 0.297 e. The van der Waals surface area contributed by atoms with Crippen LogP contribution < -0.4 is 5.32 Å². The Labute approximate surface area is 427 Å². The van der Waals surface area contributed by atoms with Crippen LogP contribution in [0.3, 0.4) is 0 Å². The van der Waals surface area contributed by atoms with Crippen molar-refractivity contribution in [3.63, 3.8) is 0 Å². The van der Waals surface area contributed by atoms with E-state index in [4.69, 9.17) is 28.4 Å². The van der Waals surface area contributed by atoms with E-state index >= 15 is 0 Å². The van der Waals surface area contributed by atoms with E-state index in [0.29, 0.717) is 12.3 Å². The number of unbranched alkanes of at least 4 members (excludes halogenated alkanes) is 9. The molecule has 0 bridgehead atoms. The molecule has 10 nitrogen and oxygen atoms in total. The van der Waals surface area contributed by atoms with Crippen molar-refractivity contribution in [3.8, 4) is 142 Å². The Hall–Kier alpha value is -6.82. The van der Waals surface area contributed by atoms with Crippen LogP contribution in [0.4, 0.5) is 0 Å². The predicted octanol–water partition coefficient (Wildman–Crippen LogP) is 8.53. The van der Waals surface area contributed by atoms with Gasteiger partial charge in [0, 0.05) is 52.9 Å². The van der Waals surface area contributed by atoms with Crippen LogP contribution in [0.15, 0.2) is 42.5 Å². The van der Waals surface area contributed by atoms with Gasteiger partial charge < -0.3 is 24.3 Å². The van der Waals surface area contributed by atoms with Gasteiger partial charge in [0.25, 0.3) is 5.91 Å². The Bertz CT molecular complexity index is 2660. The number of allylic oxidation sites excluding steroid dienone is 2. The van der Waals surface area contributed by atoms with Crippen molar-refractivity contribution in [1.82, 2.24) is 5.32 Å². The number of carbonyl (C=O) groups is 1. The molecule has 1 amide bonds. The van der Waals surface area contributed by atoms with Crippen LogP contribution >= 0.6 is 12.3 Å². The third kappa shape index (κ3) is 26.1. The summed E-state index contributed by atoms with van der Waals surface area (Å²) in [6.07, 6.45) is 14.8. The zero-order valence-electron chi connectivity index (χ0n) is 41.1. The van der Waals surface area contributed by atoms with Crippen molar-refractivity contribution in [3.05, 3.63) is 48.0 Å². The fraction of sp³-hybridized carbons (Fsp3) is 0.450. The summed E-state index contributed by atoms with van der Waals surface area (Å²) in [5.41, 5.74) is 0.845. The smallest absolute Gasteiger partial charge is 0.297 e. The van der Waals surface area contributed by atoms with E-state index in [1.165, 1.54) is 57.8 Å². The minimum Gasteiger partial charge on any atom is -0.350 e. The van der Waals surface area contributed by atoms with Gasteiger partial charge >= 0.3 is 0 Å². The summed E-state index contributed by atoms with van der Waals surface area (Å²) in [5.74, 6) is 60.3. The number of hydrogen-bond acceptors (Lipinski definition) is 10. The Morgan fingerprint density at radius 3 is 1.83 bits per heavy atom. The lowest BCUT2D eigenvalue weighted by Crippen LogP contribution is -2.60. The van der Waals surface area contributed by atoms with E-state index in [1.807, 2.05) is 37.3 Å². The molecule has 6 unspecified atom stereocenters. The normalized spacial score (nSPS) is 18.9. The highest BCUT2D eigenvalue weighted by atomic mass is 32.2. The lowest BCUT2D eigenvalue weighted by Gasteiger charge is -2.48. The van der Waals surface area contributed by atoms with Crippen LogP contribution in [0.1, 0.15) is 117 Å². The predicted molar refractivity (Wildman–Crippen MR) is 276 cm³/mol. The van der Waals surface area contributed by atoms with Gasteiger partial charge in [-0.1, -0.05) is 133 Å². The van der Waals surface area contributed by atoms with Gasteiger partial charge in [-0.2, -0.15) is 0 Å². The van der Waals surface area contributed by atoms with Crippen molar-refractivity contribution >= 4 is 18.2 Å². The Morgan fingerprint density at radius 1 is 0.746 bits per heavy atom. The highest BCUT2D eigenvalue weighted by Crippen LogP contribution is 2.39. The molecule has 11 heteroatoms. The summed E-state index contributed by atoms with van der Waals surface area (Å²) >= 11 is 0.468. The molecule has 0 aliphatic carbocycles. The zero-order valence-corrected chi connectivity index (χ0v) is 41.9. The van der Waals surface area contributed by atoms with E-state index in [0.717, 1.165) is 18.4 Å². The quantitative estimate of drug-likeness (QED) is 0.0277. The third-order valence-electron chi connectivity index (χ3n) is 11.0. The molecule has 2 heterocycles. The number of amides is 1. The Morgan fingerprint density at radius 2 is 1.28 bits per heavy atom. The van der Waals surface area contributed by atoms with Gasteiger partial charge in [0.15, 0.2) is 24.9 Å². The van der Waals surface area contributed by atoms with Crippen molar-refractivity contribution in [2.45, 2.75) is 142 Å². The number of rotatable bonds is 23. The van der Waals surface area contributed by atoms with Gasteiger partial charge in [-0.25, -0.2) is 5.26 Å². The first-order valence-corrected chi connectivity index (χ1v) is 24.3. The van der Waals surface area contributed by atoms with Gasteiger partial charge in [0.05, 0.1) is 19.3 Å². The van der Waals surface area contributed by atoms with Gasteiger partial charge in [0.1, 0.15) is 18.3 Å². The molecular formula is C60H59NO9S. The number of benzene rings is 1.